The summed E-state index contributed by atoms with van der Waals surface area (Å²) in [6, 6.07) is 9.78. The van der Waals surface area contributed by atoms with Gasteiger partial charge < -0.3 is 14.1 Å². The first kappa shape index (κ1) is 17.0. The molecule has 1 aromatic carbocycles. The third kappa shape index (κ3) is 4.81. The van der Waals surface area contributed by atoms with Crippen molar-refractivity contribution in [1.29, 1.82) is 0 Å². The number of aryl methyl sites for hydroxylation is 1. The van der Waals surface area contributed by atoms with Gasteiger partial charge in [-0.05, 0) is 43.2 Å². The zero-order valence-electron chi connectivity index (χ0n) is 13.0. The molecule has 0 fully saturated rings. The number of hydrogen-bond donors (Lipinski definition) is 0. The predicted octanol–water partition coefficient (Wildman–Crippen LogP) is 4.03. The molecule has 124 valence electrons. The molecule has 0 aliphatic carbocycles. The summed E-state index contributed by atoms with van der Waals surface area (Å²) in [6.45, 7) is -0.938. The first-order valence-corrected chi connectivity index (χ1v) is 7.30. The maximum Gasteiger partial charge on any atom is 0.387 e. The Balaban J connectivity index is 1.86. The number of ether oxygens (including phenoxy) is 1. The van der Waals surface area contributed by atoms with Gasteiger partial charge in [0.25, 0.3) is 0 Å². The summed E-state index contributed by atoms with van der Waals surface area (Å²) in [5.74, 6) is 0.829. The summed E-state index contributed by atoms with van der Waals surface area (Å²) in [5.41, 5.74) is 0.888. The number of alkyl halides is 2. The highest BCUT2D eigenvalue weighted by molar-refractivity contribution is 5.76. The van der Waals surface area contributed by atoms with Crippen LogP contribution in [-0.4, -0.2) is 24.5 Å². The number of benzene rings is 1. The maximum atomic E-state index is 12.2. The second-order valence-corrected chi connectivity index (χ2v) is 5.22. The summed E-state index contributed by atoms with van der Waals surface area (Å²) < 4.78 is 33.7. The Morgan fingerprint density at radius 2 is 1.96 bits per heavy atom. The van der Waals surface area contributed by atoms with Crippen molar-refractivity contribution in [2.45, 2.75) is 32.4 Å². The molecule has 0 bridgehead atoms. The molecule has 1 atom stereocenters. The molecule has 1 heterocycles. The topological polar surface area (TPSA) is 42.7 Å². The molecule has 1 unspecified atom stereocenters. The molecule has 23 heavy (non-hydrogen) atoms. The highest BCUT2D eigenvalue weighted by atomic mass is 19.3. The number of halogens is 2. The number of furan rings is 1. The van der Waals surface area contributed by atoms with Crippen LogP contribution in [0.15, 0.2) is 47.1 Å². The first-order chi connectivity index (χ1) is 11.0. The summed E-state index contributed by atoms with van der Waals surface area (Å²) in [5, 5.41) is 0. The molecule has 0 aliphatic heterocycles. The number of nitrogens with zero attached hydrogens (tertiary/aromatic N) is 1. The van der Waals surface area contributed by atoms with E-state index in [2.05, 4.69) is 4.74 Å². The van der Waals surface area contributed by atoms with Gasteiger partial charge in [0.2, 0.25) is 5.91 Å². The number of carbonyl (C=O) groups is 1. The largest absolute Gasteiger partial charge is 0.467 e. The molecular weight excluding hydrogens is 304 g/mol. The fraction of sp³-hybridized carbons (Fsp3) is 0.353. The lowest BCUT2D eigenvalue weighted by Gasteiger charge is -2.23. The Labute approximate surface area is 133 Å². The van der Waals surface area contributed by atoms with Crippen LogP contribution in [0.2, 0.25) is 0 Å². The summed E-state index contributed by atoms with van der Waals surface area (Å²) in [6.07, 6.45) is 2.44. The van der Waals surface area contributed by atoms with Crippen molar-refractivity contribution in [3.8, 4) is 5.75 Å². The molecule has 0 radical (unpaired) electrons. The minimum atomic E-state index is -2.83. The lowest BCUT2D eigenvalue weighted by molar-refractivity contribution is -0.132. The molecule has 0 aliphatic rings. The van der Waals surface area contributed by atoms with E-state index in [1.165, 1.54) is 12.1 Å². The molecule has 0 N–H and O–H groups in total. The van der Waals surface area contributed by atoms with Crippen LogP contribution in [0.25, 0.3) is 0 Å². The van der Waals surface area contributed by atoms with E-state index in [0.717, 1.165) is 11.3 Å². The molecule has 2 aromatic rings. The van der Waals surface area contributed by atoms with Crippen molar-refractivity contribution in [2.24, 2.45) is 0 Å². The Morgan fingerprint density at radius 1 is 1.26 bits per heavy atom. The lowest BCUT2D eigenvalue weighted by atomic mass is 10.1. The Kier molecular flexibility index (Phi) is 5.73. The van der Waals surface area contributed by atoms with E-state index in [0.29, 0.717) is 12.8 Å². The van der Waals surface area contributed by atoms with Crippen LogP contribution in [0.5, 0.6) is 5.75 Å². The van der Waals surface area contributed by atoms with E-state index in [9.17, 15) is 13.6 Å². The minimum absolute atomic E-state index is 0.0122. The maximum absolute atomic E-state index is 12.2. The number of rotatable bonds is 7. The second kappa shape index (κ2) is 7.76. The van der Waals surface area contributed by atoms with Crippen molar-refractivity contribution in [2.75, 3.05) is 7.05 Å². The van der Waals surface area contributed by atoms with Crippen LogP contribution in [-0.2, 0) is 11.2 Å². The van der Waals surface area contributed by atoms with Crippen LogP contribution >= 0.6 is 0 Å². The van der Waals surface area contributed by atoms with Gasteiger partial charge in [-0.1, -0.05) is 12.1 Å². The van der Waals surface area contributed by atoms with E-state index in [4.69, 9.17) is 4.42 Å². The Bertz CT molecular complexity index is 611. The van der Waals surface area contributed by atoms with Crippen LogP contribution in [0.1, 0.15) is 30.7 Å². The minimum Gasteiger partial charge on any atom is -0.467 e. The van der Waals surface area contributed by atoms with Gasteiger partial charge >= 0.3 is 6.61 Å². The number of carbonyl (C=O) groups excluding carboxylic acids is 1. The third-order valence-electron chi connectivity index (χ3n) is 3.71. The number of amides is 1. The molecule has 1 amide bonds. The van der Waals surface area contributed by atoms with Gasteiger partial charge in [-0.15, -0.1) is 0 Å². The summed E-state index contributed by atoms with van der Waals surface area (Å²) in [7, 11) is 1.73. The van der Waals surface area contributed by atoms with Crippen molar-refractivity contribution in [3.63, 3.8) is 0 Å². The molecular formula is C17H19F2NO3. The molecule has 2 rings (SSSR count). The SMILES string of the molecule is CC(c1ccco1)N(C)C(=O)CCc1ccc(OC(F)F)cc1. The normalized spacial score (nSPS) is 12.2. The second-order valence-electron chi connectivity index (χ2n) is 5.22. The average molecular weight is 323 g/mol. The monoisotopic (exact) mass is 323 g/mol. The van der Waals surface area contributed by atoms with Crippen LogP contribution in [0.4, 0.5) is 8.78 Å². The quantitative estimate of drug-likeness (QED) is 0.772. The van der Waals surface area contributed by atoms with Crippen molar-refractivity contribution >= 4 is 5.91 Å². The van der Waals surface area contributed by atoms with Crippen LogP contribution < -0.4 is 4.74 Å². The Hall–Kier alpha value is -2.37. The summed E-state index contributed by atoms with van der Waals surface area (Å²) in [4.78, 5) is 13.9. The van der Waals surface area contributed by atoms with Gasteiger partial charge in [0.1, 0.15) is 11.5 Å². The molecule has 0 saturated carbocycles. The molecule has 6 heteroatoms. The smallest absolute Gasteiger partial charge is 0.387 e. The zero-order chi connectivity index (χ0) is 16.8. The van der Waals surface area contributed by atoms with Crippen LogP contribution in [0, 0.1) is 0 Å². The van der Waals surface area contributed by atoms with Gasteiger partial charge in [0.15, 0.2) is 0 Å². The van der Waals surface area contributed by atoms with Gasteiger partial charge in [-0.3, -0.25) is 4.79 Å². The predicted molar refractivity (Wildman–Crippen MR) is 81.3 cm³/mol. The molecule has 1 aromatic heterocycles. The highest BCUT2D eigenvalue weighted by Crippen LogP contribution is 2.20. The van der Waals surface area contributed by atoms with Crippen molar-refractivity contribution in [1.82, 2.24) is 4.90 Å². The third-order valence-corrected chi connectivity index (χ3v) is 3.71. The standard InChI is InChI=1S/C17H19F2NO3/c1-12(15-4-3-11-22-15)20(2)16(21)10-7-13-5-8-14(9-6-13)23-17(18)19/h3-6,8-9,11-12,17H,7,10H2,1-2H3. The van der Waals surface area contributed by atoms with E-state index >= 15 is 0 Å². The van der Waals surface area contributed by atoms with Gasteiger partial charge in [0, 0.05) is 13.5 Å². The van der Waals surface area contributed by atoms with Crippen LogP contribution in [0.3, 0.4) is 0 Å². The lowest BCUT2D eigenvalue weighted by Crippen LogP contribution is -2.29. The van der Waals surface area contributed by atoms with E-state index in [1.54, 1.807) is 36.4 Å². The van der Waals surface area contributed by atoms with E-state index in [1.807, 2.05) is 13.0 Å². The molecule has 4 nitrogen and oxygen atoms in total. The van der Waals surface area contributed by atoms with E-state index < -0.39 is 6.61 Å². The fourth-order valence-electron chi connectivity index (χ4n) is 2.20. The highest BCUT2D eigenvalue weighted by Gasteiger charge is 2.19. The molecule has 0 spiro atoms. The first-order valence-electron chi connectivity index (χ1n) is 7.30. The molecule has 0 saturated heterocycles. The zero-order valence-corrected chi connectivity index (χ0v) is 13.0. The van der Waals surface area contributed by atoms with E-state index in [-0.39, 0.29) is 17.7 Å². The summed E-state index contributed by atoms with van der Waals surface area (Å²) >= 11 is 0. The van der Waals surface area contributed by atoms with Crippen molar-refractivity contribution in [3.05, 3.63) is 54.0 Å². The number of hydrogen-bond acceptors (Lipinski definition) is 3. The van der Waals surface area contributed by atoms with Gasteiger partial charge in [-0.2, -0.15) is 8.78 Å². The average Bonchev–Trinajstić information content (AvgIpc) is 3.06. The Morgan fingerprint density at radius 3 is 2.52 bits per heavy atom. The van der Waals surface area contributed by atoms with Crippen molar-refractivity contribution < 1.29 is 22.7 Å². The van der Waals surface area contributed by atoms with Gasteiger partial charge in [0.05, 0.1) is 12.3 Å². The fourth-order valence-corrected chi connectivity index (χ4v) is 2.20. The van der Waals surface area contributed by atoms with Gasteiger partial charge in [-0.25, -0.2) is 0 Å².